The highest BCUT2D eigenvalue weighted by Gasteiger charge is 2.15. The second-order valence-electron chi connectivity index (χ2n) is 6.41. The second kappa shape index (κ2) is 10.6. The van der Waals surface area contributed by atoms with E-state index in [4.69, 9.17) is 21.1 Å². The molecule has 8 heteroatoms. The topological polar surface area (TPSA) is 48.3 Å². The number of aryl methyl sites for hydroxylation is 1. The number of ether oxygens (including phenoxy) is 2. The number of nitrogens with zero attached hydrogens (tertiary/aromatic N) is 2. The van der Waals surface area contributed by atoms with E-state index in [1.54, 1.807) is 19.4 Å². The van der Waals surface area contributed by atoms with Gasteiger partial charge in [-0.3, -0.25) is 0 Å². The highest BCUT2D eigenvalue weighted by Crippen LogP contribution is 2.37. The largest absolute Gasteiger partial charge is 0.493 e. The normalized spacial score (nSPS) is 10.9. The molecule has 0 spiro atoms. The maximum absolute atomic E-state index is 13.3. The van der Waals surface area contributed by atoms with Crippen LogP contribution in [0.15, 0.2) is 53.5 Å². The van der Waals surface area contributed by atoms with Crippen molar-refractivity contribution in [2.45, 2.75) is 26.1 Å². The summed E-state index contributed by atoms with van der Waals surface area (Å²) in [7, 11) is 1.60. The standard InChI is InChI=1S/C21H22BrClFN3O2/c1-28-20-6-5-18(22)17(12-25-7-2-9-27-10-8-26-14-27)21(20)29-13-15-3-4-16(24)11-19(15)23/h3-6,8,10-11,14,25H,2,7,9,12-13H2,1H3. The van der Waals surface area contributed by atoms with Crippen LogP contribution in [0.3, 0.4) is 0 Å². The smallest absolute Gasteiger partial charge is 0.167 e. The van der Waals surface area contributed by atoms with Crippen molar-refractivity contribution in [2.24, 2.45) is 0 Å². The Bertz CT molecular complexity index is 938. The van der Waals surface area contributed by atoms with Gasteiger partial charge < -0.3 is 19.4 Å². The first-order chi connectivity index (χ1) is 14.1. The molecule has 0 aliphatic carbocycles. The fraction of sp³-hybridized carbons (Fsp3) is 0.286. The molecule has 0 amide bonds. The maximum atomic E-state index is 13.3. The molecule has 1 N–H and O–H groups in total. The molecule has 0 fully saturated rings. The van der Waals surface area contributed by atoms with Gasteiger partial charge in [0.1, 0.15) is 12.4 Å². The van der Waals surface area contributed by atoms with E-state index in [-0.39, 0.29) is 12.4 Å². The van der Waals surface area contributed by atoms with Gasteiger partial charge in [0, 0.05) is 41.1 Å². The summed E-state index contributed by atoms with van der Waals surface area (Å²) in [5, 5.41) is 3.77. The first kappa shape index (κ1) is 21.6. The van der Waals surface area contributed by atoms with Gasteiger partial charge in [0.15, 0.2) is 11.5 Å². The molecule has 0 bridgehead atoms. The lowest BCUT2D eigenvalue weighted by molar-refractivity contribution is 0.280. The van der Waals surface area contributed by atoms with Gasteiger partial charge in [-0.2, -0.15) is 0 Å². The Morgan fingerprint density at radius 3 is 2.86 bits per heavy atom. The zero-order chi connectivity index (χ0) is 20.6. The van der Waals surface area contributed by atoms with E-state index in [0.717, 1.165) is 29.5 Å². The van der Waals surface area contributed by atoms with Gasteiger partial charge in [-0.15, -0.1) is 0 Å². The molecule has 5 nitrogen and oxygen atoms in total. The van der Waals surface area contributed by atoms with E-state index < -0.39 is 0 Å². The number of hydrogen-bond donors (Lipinski definition) is 1. The quantitative estimate of drug-likeness (QED) is 0.403. The predicted octanol–water partition coefficient (Wildman–Crippen LogP) is 5.21. The average molecular weight is 483 g/mol. The maximum Gasteiger partial charge on any atom is 0.167 e. The molecule has 0 aliphatic rings. The highest BCUT2D eigenvalue weighted by atomic mass is 79.9. The van der Waals surface area contributed by atoms with Crippen molar-refractivity contribution in [1.29, 1.82) is 0 Å². The van der Waals surface area contributed by atoms with Crippen molar-refractivity contribution < 1.29 is 13.9 Å². The number of methoxy groups -OCH3 is 1. The van der Waals surface area contributed by atoms with Crippen LogP contribution in [0, 0.1) is 5.82 Å². The monoisotopic (exact) mass is 481 g/mol. The minimum atomic E-state index is -0.376. The van der Waals surface area contributed by atoms with Crippen LogP contribution in [0.2, 0.25) is 5.02 Å². The van der Waals surface area contributed by atoms with Crippen molar-refractivity contribution in [2.75, 3.05) is 13.7 Å². The molecule has 1 heterocycles. The van der Waals surface area contributed by atoms with E-state index >= 15 is 0 Å². The molecule has 0 aliphatic heterocycles. The summed E-state index contributed by atoms with van der Waals surface area (Å²) in [6.07, 6.45) is 6.51. The summed E-state index contributed by atoms with van der Waals surface area (Å²) in [4.78, 5) is 4.04. The summed E-state index contributed by atoms with van der Waals surface area (Å²) >= 11 is 9.72. The number of aromatic nitrogens is 2. The number of benzene rings is 2. The molecule has 154 valence electrons. The van der Waals surface area contributed by atoms with Crippen molar-refractivity contribution in [1.82, 2.24) is 14.9 Å². The Morgan fingerprint density at radius 2 is 2.14 bits per heavy atom. The Balaban J connectivity index is 1.65. The Morgan fingerprint density at radius 1 is 1.28 bits per heavy atom. The number of imidazole rings is 1. The SMILES string of the molecule is COc1ccc(Br)c(CNCCCn2ccnc2)c1OCc1ccc(F)cc1Cl. The number of halogens is 3. The molecule has 3 rings (SSSR count). The lowest BCUT2D eigenvalue weighted by atomic mass is 10.1. The molecule has 0 saturated heterocycles. The van der Waals surface area contributed by atoms with Gasteiger partial charge >= 0.3 is 0 Å². The number of hydrogen-bond acceptors (Lipinski definition) is 4. The molecular weight excluding hydrogens is 461 g/mol. The van der Waals surface area contributed by atoms with Crippen LogP contribution in [0.5, 0.6) is 11.5 Å². The fourth-order valence-corrected chi connectivity index (χ4v) is 3.55. The van der Waals surface area contributed by atoms with E-state index in [0.29, 0.717) is 28.6 Å². The summed E-state index contributed by atoms with van der Waals surface area (Å²) in [5.74, 6) is 0.880. The van der Waals surface area contributed by atoms with Crippen molar-refractivity contribution in [3.05, 3.63) is 75.5 Å². The summed E-state index contributed by atoms with van der Waals surface area (Å²) < 4.78 is 27.8. The van der Waals surface area contributed by atoms with Crippen LogP contribution in [-0.4, -0.2) is 23.2 Å². The van der Waals surface area contributed by atoms with E-state index in [2.05, 4.69) is 26.2 Å². The van der Waals surface area contributed by atoms with E-state index in [1.165, 1.54) is 12.1 Å². The lowest BCUT2D eigenvalue weighted by Crippen LogP contribution is -2.17. The Hall–Kier alpha value is -2.09. The van der Waals surface area contributed by atoms with Crippen molar-refractivity contribution in [3.8, 4) is 11.5 Å². The molecule has 1 aromatic heterocycles. The third-order valence-corrected chi connectivity index (χ3v) is 5.50. The molecule has 0 saturated carbocycles. The van der Waals surface area contributed by atoms with Crippen LogP contribution in [0.25, 0.3) is 0 Å². The van der Waals surface area contributed by atoms with Crippen LogP contribution < -0.4 is 14.8 Å². The summed E-state index contributed by atoms with van der Waals surface area (Å²) in [5.41, 5.74) is 1.65. The van der Waals surface area contributed by atoms with Crippen molar-refractivity contribution >= 4 is 27.5 Å². The highest BCUT2D eigenvalue weighted by molar-refractivity contribution is 9.10. The Kier molecular flexibility index (Phi) is 7.91. The zero-order valence-corrected chi connectivity index (χ0v) is 18.3. The second-order valence-corrected chi connectivity index (χ2v) is 7.67. The van der Waals surface area contributed by atoms with Gasteiger partial charge in [-0.25, -0.2) is 9.37 Å². The molecule has 0 unspecified atom stereocenters. The summed E-state index contributed by atoms with van der Waals surface area (Å²) in [6.45, 7) is 2.55. The minimum absolute atomic E-state index is 0.208. The third-order valence-electron chi connectivity index (χ3n) is 4.41. The first-order valence-electron chi connectivity index (χ1n) is 9.17. The first-order valence-corrected chi connectivity index (χ1v) is 10.3. The molecule has 2 aromatic carbocycles. The van der Waals surface area contributed by atoms with Gasteiger partial charge in [0.2, 0.25) is 0 Å². The van der Waals surface area contributed by atoms with Crippen LogP contribution in [-0.2, 0) is 19.7 Å². The van der Waals surface area contributed by atoms with Gasteiger partial charge in [0.25, 0.3) is 0 Å². The van der Waals surface area contributed by atoms with Crippen molar-refractivity contribution in [3.63, 3.8) is 0 Å². The van der Waals surface area contributed by atoms with Gasteiger partial charge in [-0.05, 0) is 37.2 Å². The molecular formula is C21H22BrClFN3O2. The molecule has 0 atom stereocenters. The van der Waals surface area contributed by atoms with Crippen LogP contribution in [0.1, 0.15) is 17.5 Å². The Labute approximate surface area is 182 Å². The van der Waals surface area contributed by atoms with Gasteiger partial charge in [-0.1, -0.05) is 33.6 Å². The zero-order valence-electron chi connectivity index (χ0n) is 16.0. The van der Waals surface area contributed by atoms with Crippen LogP contribution in [0.4, 0.5) is 4.39 Å². The van der Waals surface area contributed by atoms with Crippen LogP contribution >= 0.6 is 27.5 Å². The third kappa shape index (κ3) is 5.95. The number of rotatable bonds is 10. The molecule has 29 heavy (non-hydrogen) atoms. The fourth-order valence-electron chi connectivity index (χ4n) is 2.87. The average Bonchev–Trinajstić information content (AvgIpc) is 3.22. The van der Waals surface area contributed by atoms with E-state index in [9.17, 15) is 4.39 Å². The van der Waals surface area contributed by atoms with Gasteiger partial charge in [0.05, 0.1) is 18.5 Å². The molecule has 3 aromatic rings. The minimum Gasteiger partial charge on any atom is -0.493 e. The predicted molar refractivity (Wildman–Crippen MR) is 115 cm³/mol. The summed E-state index contributed by atoms with van der Waals surface area (Å²) in [6, 6.07) is 8.04. The molecule has 0 radical (unpaired) electrons. The lowest BCUT2D eigenvalue weighted by Gasteiger charge is -2.17. The number of nitrogens with one attached hydrogen (secondary N) is 1. The van der Waals surface area contributed by atoms with E-state index in [1.807, 2.05) is 29.2 Å².